The molecule has 6 nitrogen and oxygen atoms in total. The highest BCUT2D eigenvalue weighted by Crippen LogP contribution is 2.34. The third kappa shape index (κ3) is 2.67. The maximum Gasteiger partial charge on any atom is 0.306 e. The largest absolute Gasteiger partial charge is 0.481 e. The second-order valence-corrected chi connectivity index (χ2v) is 4.85. The van der Waals surface area contributed by atoms with Crippen molar-refractivity contribution < 1.29 is 14.8 Å². The Balaban J connectivity index is 2.24. The van der Waals surface area contributed by atoms with Crippen molar-refractivity contribution in [2.45, 2.75) is 25.8 Å². The fourth-order valence-electron chi connectivity index (χ4n) is 2.62. The van der Waals surface area contributed by atoms with Gasteiger partial charge in [-0.1, -0.05) is 12.1 Å². The summed E-state index contributed by atoms with van der Waals surface area (Å²) in [5.41, 5.74) is 0.645. The fraction of sp³-hybridized carbons (Fsp3) is 0.462. The lowest BCUT2D eigenvalue weighted by molar-refractivity contribution is -0.384. The normalized spacial score (nSPS) is 23.1. The Morgan fingerprint density at radius 3 is 2.74 bits per heavy atom. The first-order chi connectivity index (χ1) is 9.00. The molecule has 1 heterocycles. The van der Waals surface area contributed by atoms with Crippen LogP contribution < -0.4 is 4.90 Å². The molecule has 1 aliphatic heterocycles. The van der Waals surface area contributed by atoms with E-state index in [1.807, 2.05) is 11.8 Å². The van der Waals surface area contributed by atoms with Crippen LogP contribution in [-0.4, -0.2) is 28.6 Å². The highest BCUT2D eigenvalue weighted by atomic mass is 16.6. The van der Waals surface area contributed by atoms with E-state index in [0.717, 1.165) is 0 Å². The van der Waals surface area contributed by atoms with Crippen LogP contribution in [0.15, 0.2) is 24.3 Å². The Bertz CT molecular complexity index is 503. The number of carboxylic acids is 1. The van der Waals surface area contributed by atoms with Crippen LogP contribution in [0.5, 0.6) is 0 Å². The zero-order valence-corrected chi connectivity index (χ0v) is 10.7. The summed E-state index contributed by atoms with van der Waals surface area (Å²) in [5.74, 6) is -1.14. The third-order valence-corrected chi connectivity index (χ3v) is 3.61. The Morgan fingerprint density at radius 2 is 2.16 bits per heavy atom. The van der Waals surface area contributed by atoms with Gasteiger partial charge in [0.2, 0.25) is 0 Å². The van der Waals surface area contributed by atoms with Gasteiger partial charge in [-0.25, -0.2) is 0 Å². The monoisotopic (exact) mass is 264 g/mol. The lowest BCUT2D eigenvalue weighted by Crippen LogP contribution is -2.43. The molecule has 102 valence electrons. The molecule has 0 saturated carbocycles. The number of carbonyl (C=O) groups is 1. The first-order valence-electron chi connectivity index (χ1n) is 6.23. The number of hydrogen-bond donors (Lipinski definition) is 1. The third-order valence-electron chi connectivity index (χ3n) is 3.61. The van der Waals surface area contributed by atoms with Gasteiger partial charge >= 0.3 is 5.97 Å². The van der Waals surface area contributed by atoms with Gasteiger partial charge in [0, 0.05) is 18.7 Å². The Morgan fingerprint density at radius 1 is 1.47 bits per heavy atom. The zero-order valence-electron chi connectivity index (χ0n) is 10.7. The molecule has 0 radical (unpaired) electrons. The van der Waals surface area contributed by atoms with E-state index < -0.39 is 10.9 Å². The van der Waals surface area contributed by atoms with Crippen molar-refractivity contribution >= 4 is 17.3 Å². The SMILES string of the molecule is CC1CC(C(=O)O)CCN1c1ccccc1[N+](=O)[O-]. The summed E-state index contributed by atoms with van der Waals surface area (Å²) in [6.07, 6.45) is 1.03. The highest BCUT2D eigenvalue weighted by molar-refractivity contribution is 5.71. The number of nitro benzene ring substituents is 1. The van der Waals surface area contributed by atoms with E-state index in [1.54, 1.807) is 18.2 Å². The lowest BCUT2D eigenvalue weighted by Gasteiger charge is -2.37. The number of nitrogens with zero attached hydrogens (tertiary/aromatic N) is 2. The van der Waals surface area contributed by atoms with Gasteiger partial charge in [0.15, 0.2) is 0 Å². The quantitative estimate of drug-likeness (QED) is 0.668. The lowest BCUT2D eigenvalue weighted by atomic mass is 9.91. The molecule has 0 aromatic heterocycles. The average molecular weight is 264 g/mol. The molecule has 1 aromatic rings. The van der Waals surface area contributed by atoms with Gasteiger partial charge < -0.3 is 10.0 Å². The first kappa shape index (κ1) is 13.3. The van der Waals surface area contributed by atoms with E-state index >= 15 is 0 Å². The van der Waals surface area contributed by atoms with E-state index in [2.05, 4.69) is 0 Å². The number of rotatable bonds is 3. The van der Waals surface area contributed by atoms with E-state index in [9.17, 15) is 14.9 Å². The second-order valence-electron chi connectivity index (χ2n) is 4.85. The number of anilines is 1. The van der Waals surface area contributed by atoms with E-state index in [-0.39, 0.29) is 17.6 Å². The number of aliphatic carboxylic acids is 1. The summed E-state index contributed by atoms with van der Waals surface area (Å²) in [6.45, 7) is 2.44. The predicted molar refractivity (Wildman–Crippen MR) is 70.3 cm³/mol. The minimum atomic E-state index is -0.783. The van der Waals surface area contributed by atoms with E-state index in [4.69, 9.17) is 5.11 Å². The van der Waals surface area contributed by atoms with E-state index in [0.29, 0.717) is 25.1 Å². The van der Waals surface area contributed by atoms with Crippen LogP contribution in [0.3, 0.4) is 0 Å². The van der Waals surface area contributed by atoms with Crippen molar-refractivity contribution in [3.05, 3.63) is 34.4 Å². The van der Waals surface area contributed by atoms with Crippen LogP contribution in [0.2, 0.25) is 0 Å². The smallest absolute Gasteiger partial charge is 0.306 e. The standard InChI is InChI=1S/C13H16N2O4/c1-9-8-10(13(16)17)6-7-14(9)11-4-2-3-5-12(11)15(18)19/h2-5,9-10H,6-8H2,1H3,(H,16,17). The molecule has 0 bridgehead atoms. The number of piperidine rings is 1. The molecule has 2 unspecified atom stereocenters. The van der Waals surface area contributed by atoms with Crippen molar-refractivity contribution in [3.8, 4) is 0 Å². The molecule has 6 heteroatoms. The second kappa shape index (κ2) is 5.26. The first-order valence-corrected chi connectivity index (χ1v) is 6.23. The van der Waals surface area contributed by atoms with Crippen molar-refractivity contribution in [2.75, 3.05) is 11.4 Å². The molecule has 1 N–H and O–H groups in total. The molecular formula is C13H16N2O4. The van der Waals surface area contributed by atoms with Gasteiger partial charge in [0.1, 0.15) is 5.69 Å². The summed E-state index contributed by atoms with van der Waals surface area (Å²) < 4.78 is 0. The molecule has 1 aromatic carbocycles. The topological polar surface area (TPSA) is 83.7 Å². The highest BCUT2D eigenvalue weighted by Gasteiger charge is 2.32. The number of nitro groups is 1. The van der Waals surface area contributed by atoms with Gasteiger partial charge in [-0.05, 0) is 25.8 Å². The molecule has 1 saturated heterocycles. The van der Waals surface area contributed by atoms with Gasteiger partial charge in [-0.2, -0.15) is 0 Å². The molecule has 0 spiro atoms. The van der Waals surface area contributed by atoms with Crippen molar-refractivity contribution in [1.29, 1.82) is 0 Å². The summed E-state index contributed by atoms with van der Waals surface area (Å²) in [4.78, 5) is 23.6. The van der Waals surface area contributed by atoms with E-state index in [1.165, 1.54) is 6.07 Å². The van der Waals surface area contributed by atoms with Crippen LogP contribution >= 0.6 is 0 Å². The fourth-order valence-corrected chi connectivity index (χ4v) is 2.62. The summed E-state index contributed by atoms with van der Waals surface area (Å²) in [5, 5.41) is 20.1. The number of carboxylic acid groups (broad SMARTS) is 1. The van der Waals surface area contributed by atoms with Gasteiger partial charge in [0.25, 0.3) is 5.69 Å². The Kier molecular flexibility index (Phi) is 3.69. The molecule has 2 atom stereocenters. The predicted octanol–water partition coefficient (Wildman–Crippen LogP) is 2.28. The number of para-hydroxylation sites is 2. The minimum Gasteiger partial charge on any atom is -0.481 e. The van der Waals surface area contributed by atoms with Crippen molar-refractivity contribution in [2.24, 2.45) is 5.92 Å². The van der Waals surface area contributed by atoms with Crippen molar-refractivity contribution in [3.63, 3.8) is 0 Å². The van der Waals surface area contributed by atoms with Crippen LogP contribution in [-0.2, 0) is 4.79 Å². The molecule has 0 aliphatic carbocycles. The maximum atomic E-state index is 11.0. The molecular weight excluding hydrogens is 248 g/mol. The summed E-state index contributed by atoms with van der Waals surface area (Å²) in [7, 11) is 0. The summed E-state index contributed by atoms with van der Waals surface area (Å²) in [6, 6.07) is 6.58. The summed E-state index contributed by atoms with van der Waals surface area (Å²) >= 11 is 0. The molecule has 2 rings (SSSR count). The Labute approximate surface area is 110 Å². The van der Waals surface area contributed by atoms with Crippen LogP contribution in [0.25, 0.3) is 0 Å². The molecule has 1 fully saturated rings. The van der Waals surface area contributed by atoms with Gasteiger partial charge in [-0.3, -0.25) is 14.9 Å². The number of hydrogen-bond acceptors (Lipinski definition) is 4. The minimum absolute atomic E-state index is 0.0176. The maximum absolute atomic E-state index is 11.0. The number of benzene rings is 1. The zero-order chi connectivity index (χ0) is 14.0. The average Bonchev–Trinajstić information content (AvgIpc) is 2.38. The Hall–Kier alpha value is -2.11. The van der Waals surface area contributed by atoms with Gasteiger partial charge in [0.05, 0.1) is 10.8 Å². The molecule has 1 aliphatic rings. The molecule has 19 heavy (non-hydrogen) atoms. The molecule has 0 amide bonds. The van der Waals surface area contributed by atoms with Gasteiger partial charge in [-0.15, -0.1) is 0 Å². The van der Waals surface area contributed by atoms with Crippen LogP contribution in [0.4, 0.5) is 11.4 Å². The van der Waals surface area contributed by atoms with Crippen LogP contribution in [0, 0.1) is 16.0 Å². The van der Waals surface area contributed by atoms with Crippen LogP contribution in [0.1, 0.15) is 19.8 Å². The van der Waals surface area contributed by atoms with Crippen molar-refractivity contribution in [1.82, 2.24) is 0 Å².